The topological polar surface area (TPSA) is 75.7 Å². The van der Waals surface area contributed by atoms with E-state index in [4.69, 9.17) is 4.74 Å². The second kappa shape index (κ2) is 11.0. The van der Waals surface area contributed by atoms with Crippen molar-refractivity contribution in [1.82, 2.24) is 5.32 Å². The Morgan fingerprint density at radius 3 is 1.82 bits per heavy atom. The van der Waals surface area contributed by atoms with Crippen LogP contribution in [0.3, 0.4) is 0 Å². The molecule has 1 aliphatic heterocycles. The summed E-state index contributed by atoms with van der Waals surface area (Å²) in [6.45, 7) is 12.7. The van der Waals surface area contributed by atoms with Crippen molar-refractivity contribution in [2.24, 2.45) is 0 Å². The molecule has 4 rings (SSSR count). The third-order valence-corrected chi connectivity index (χ3v) is 8.57. The molecule has 6 heteroatoms. The smallest absolute Gasteiger partial charge is 0.266 e. The zero-order valence-corrected chi connectivity index (χ0v) is 23.8. The number of imide groups is 1. The molecule has 1 aliphatic rings. The Hall–Kier alpha value is -3.93. The molecule has 0 atom stereocenters. The van der Waals surface area contributed by atoms with Crippen LogP contribution in [-0.2, 0) is 5.41 Å². The molecule has 204 valence electrons. The van der Waals surface area contributed by atoms with Gasteiger partial charge in [0.1, 0.15) is 11.5 Å². The highest BCUT2D eigenvalue weighted by Crippen LogP contribution is 2.34. The van der Waals surface area contributed by atoms with Gasteiger partial charge in [0.2, 0.25) is 0 Å². The number of anilines is 1. The van der Waals surface area contributed by atoms with E-state index in [0.29, 0.717) is 17.0 Å². The summed E-state index contributed by atoms with van der Waals surface area (Å²) in [6.07, 6.45) is 3.70. The van der Waals surface area contributed by atoms with E-state index >= 15 is 0 Å². The molecular formula is C33H38N2O4. The van der Waals surface area contributed by atoms with Crippen LogP contribution in [-0.4, -0.2) is 23.3 Å². The van der Waals surface area contributed by atoms with Crippen LogP contribution < -0.4 is 15.0 Å². The number of amides is 3. The Morgan fingerprint density at radius 1 is 0.744 bits per heavy atom. The summed E-state index contributed by atoms with van der Waals surface area (Å²) in [6, 6.07) is 19.7. The lowest BCUT2D eigenvalue weighted by Crippen LogP contribution is -2.45. The second-order valence-electron chi connectivity index (χ2n) is 10.8. The Kier molecular flexibility index (Phi) is 7.96. The van der Waals surface area contributed by atoms with Crippen molar-refractivity contribution in [3.05, 3.63) is 89.0 Å². The van der Waals surface area contributed by atoms with Crippen LogP contribution in [0.1, 0.15) is 104 Å². The minimum Gasteiger partial charge on any atom is -0.457 e. The molecule has 0 saturated heterocycles. The fourth-order valence-corrected chi connectivity index (χ4v) is 4.77. The van der Waals surface area contributed by atoms with Crippen molar-refractivity contribution in [2.45, 2.75) is 78.2 Å². The van der Waals surface area contributed by atoms with Crippen molar-refractivity contribution in [3.8, 4) is 11.5 Å². The third kappa shape index (κ3) is 5.47. The van der Waals surface area contributed by atoms with Gasteiger partial charge in [-0.2, -0.15) is 0 Å². The molecule has 39 heavy (non-hydrogen) atoms. The number of fused-ring (bicyclic) bond motifs is 1. The summed E-state index contributed by atoms with van der Waals surface area (Å²) in [5.74, 6) is 0.206. The van der Waals surface area contributed by atoms with Gasteiger partial charge in [-0.05, 0) is 98.2 Å². The first-order valence-corrected chi connectivity index (χ1v) is 13.8. The second-order valence-corrected chi connectivity index (χ2v) is 10.8. The summed E-state index contributed by atoms with van der Waals surface area (Å²) in [5, 5.41) is 3.05. The summed E-state index contributed by atoms with van der Waals surface area (Å²) in [7, 11) is 0. The molecule has 0 aromatic heterocycles. The minimum atomic E-state index is -0.447. The van der Waals surface area contributed by atoms with Crippen molar-refractivity contribution in [2.75, 3.05) is 4.90 Å². The average Bonchev–Trinajstić information content (AvgIpc) is 3.22. The Labute approximate surface area is 231 Å². The number of benzene rings is 3. The number of rotatable bonds is 10. The summed E-state index contributed by atoms with van der Waals surface area (Å²) in [5.41, 5.74) is 2.42. The molecule has 3 aromatic carbocycles. The SMILES string of the molecule is CCC(C)(CC)NC(=O)c1ccc2c(c1)C(=O)N(c1ccc(Oc3ccc(C(C)(CC)CC)cc3)cc1)C2=O. The van der Waals surface area contributed by atoms with Gasteiger partial charge in [0.15, 0.2) is 0 Å². The number of carbonyl (C=O) groups excluding carboxylic acids is 3. The number of hydrogen-bond donors (Lipinski definition) is 1. The van der Waals surface area contributed by atoms with Crippen molar-refractivity contribution in [3.63, 3.8) is 0 Å². The first-order valence-electron chi connectivity index (χ1n) is 13.8. The van der Waals surface area contributed by atoms with Crippen molar-refractivity contribution in [1.29, 1.82) is 0 Å². The van der Waals surface area contributed by atoms with E-state index in [1.165, 1.54) is 11.6 Å². The molecule has 0 radical (unpaired) electrons. The maximum atomic E-state index is 13.3. The molecular weight excluding hydrogens is 488 g/mol. The number of carbonyl (C=O) groups is 3. The van der Waals surface area contributed by atoms with E-state index in [1.807, 2.05) is 32.9 Å². The normalized spacial score (nSPS) is 13.4. The van der Waals surface area contributed by atoms with Gasteiger partial charge in [-0.15, -0.1) is 0 Å². The van der Waals surface area contributed by atoms with Crippen molar-refractivity contribution >= 4 is 23.4 Å². The quantitative estimate of drug-likeness (QED) is 0.275. The van der Waals surface area contributed by atoms with Crippen LogP contribution in [0, 0.1) is 0 Å². The summed E-state index contributed by atoms with van der Waals surface area (Å²) in [4.78, 5) is 40.4. The average molecular weight is 527 g/mol. The molecule has 1 N–H and O–H groups in total. The Morgan fingerprint density at radius 2 is 1.28 bits per heavy atom. The largest absolute Gasteiger partial charge is 0.457 e. The molecule has 0 unspecified atom stereocenters. The molecule has 6 nitrogen and oxygen atoms in total. The molecule has 0 fully saturated rings. The van der Waals surface area contributed by atoms with Gasteiger partial charge in [0.05, 0.1) is 16.8 Å². The molecule has 3 amide bonds. The van der Waals surface area contributed by atoms with Crippen LogP contribution in [0.15, 0.2) is 66.7 Å². The van der Waals surface area contributed by atoms with Crippen LogP contribution in [0.2, 0.25) is 0 Å². The van der Waals surface area contributed by atoms with Crippen LogP contribution in [0.5, 0.6) is 11.5 Å². The maximum Gasteiger partial charge on any atom is 0.266 e. The number of ether oxygens (including phenoxy) is 1. The predicted octanol–water partition coefficient (Wildman–Crippen LogP) is 7.67. The fraction of sp³-hybridized carbons (Fsp3) is 0.364. The first kappa shape index (κ1) is 28.1. The zero-order chi connectivity index (χ0) is 28.4. The van der Waals surface area contributed by atoms with Gasteiger partial charge in [-0.3, -0.25) is 14.4 Å². The highest BCUT2D eigenvalue weighted by atomic mass is 16.5. The monoisotopic (exact) mass is 526 g/mol. The van der Waals surface area contributed by atoms with E-state index in [0.717, 1.165) is 36.3 Å². The van der Waals surface area contributed by atoms with Gasteiger partial charge in [0, 0.05) is 11.1 Å². The standard InChI is InChI=1S/C33H38N2O4/c1-7-32(5,8-2)23-12-16-25(17-13-23)39-26-18-14-24(15-19-26)35-30(37)27-20-11-22(21-28(27)31(35)38)29(36)34-33(6,9-3)10-4/h11-21H,7-10H2,1-6H3,(H,34,36). The number of hydrogen-bond acceptors (Lipinski definition) is 4. The van der Waals surface area contributed by atoms with Gasteiger partial charge < -0.3 is 10.1 Å². The van der Waals surface area contributed by atoms with Crippen LogP contribution in [0.25, 0.3) is 0 Å². The third-order valence-electron chi connectivity index (χ3n) is 8.57. The lowest BCUT2D eigenvalue weighted by atomic mass is 9.78. The number of nitrogens with one attached hydrogen (secondary N) is 1. The van der Waals surface area contributed by atoms with Crippen molar-refractivity contribution < 1.29 is 19.1 Å². The summed E-state index contributed by atoms with van der Waals surface area (Å²) >= 11 is 0. The molecule has 1 heterocycles. The van der Waals surface area contributed by atoms with E-state index in [9.17, 15) is 14.4 Å². The van der Waals surface area contributed by atoms with E-state index in [2.05, 4.69) is 38.2 Å². The maximum absolute atomic E-state index is 13.3. The van der Waals surface area contributed by atoms with Crippen LogP contribution >= 0.6 is 0 Å². The molecule has 0 spiro atoms. The predicted molar refractivity (Wildman–Crippen MR) is 155 cm³/mol. The Bertz CT molecular complexity index is 1370. The molecule has 0 bridgehead atoms. The van der Waals surface area contributed by atoms with Crippen LogP contribution in [0.4, 0.5) is 5.69 Å². The number of nitrogens with zero attached hydrogens (tertiary/aromatic N) is 1. The molecule has 0 saturated carbocycles. The lowest BCUT2D eigenvalue weighted by molar-refractivity contribution is 0.0898. The zero-order valence-electron chi connectivity index (χ0n) is 23.8. The molecule has 0 aliphatic carbocycles. The minimum absolute atomic E-state index is 0.142. The van der Waals surface area contributed by atoms with Gasteiger partial charge in [0.25, 0.3) is 17.7 Å². The Balaban J connectivity index is 1.49. The lowest BCUT2D eigenvalue weighted by Gasteiger charge is -2.28. The van der Waals surface area contributed by atoms with Gasteiger partial charge >= 0.3 is 0 Å². The first-order chi connectivity index (χ1) is 18.6. The molecule has 3 aromatic rings. The van der Waals surface area contributed by atoms with E-state index < -0.39 is 11.8 Å². The highest BCUT2D eigenvalue weighted by Gasteiger charge is 2.37. The van der Waals surface area contributed by atoms with E-state index in [1.54, 1.807) is 36.4 Å². The fourth-order valence-electron chi connectivity index (χ4n) is 4.77. The van der Waals surface area contributed by atoms with Gasteiger partial charge in [-0.25, -0.2) is 4.90 Å². The van der Waals surface area contributed by atoms with Gasteiger partial charge in [-0.1, -0.05) is 46.8 Å². The summed E-state index contributed by atoms with van der Waals surface area (Å²) < 4.78 is 6.01. The van der Waals surface area contributed by atoms with E-state index in [-0.39, 0.29) is 28.0 Å². The highest BCUT2D eigenvalue weighted by molar-refractivity contribution is 6.34.